The summed E-state index contributed by atoms with van der Waals surface area (Å²) in [6.07, 6.45) is 5.57. The number of rotatable bonds is 10. The number of carbonyl (C=O) groups excluding carboxylic acids is 1. The minimum atomic E-state index is -0.0569. The molecule has 1 fully saturated rings. The monoisotopic (exact) mass is 464 g/mol. The van der Waals surface area contributed by atoms with Crippen molar-refractivity contribution in [2.24, 2.45) is 0 Å². The van der Waals surface area contributed by atoms with Crippen molar-refractivity contribution in [3.05, 3.63) is 74.8 Å². The molecule has 0 unspecified atom stereocenters. The third-order valence-corrected chi connectivity index (χ3v) is 6.61. The lowest BCUT2D eigenvalue weighted by atomic mass is 10.1. The third kappa shape index (κ3) is 6.39. The second-order valence-electron chi connectivity index (χ2n) is 8.82. The van der Waals surface area contributed by atoms with Gasteiger partial charge in [-0.05, 0) is 74.3 Å². The van der Waals surface area contributed by atoms with Gasteiger partial charge in [0.05, 0.1) is 10.9 Å². The van der Waals surface area contributed by atoms with Crippen molar-refractivity contribution < 1.29 is 4.79 Å². The van der Waals surface area contributed by atoms with Gasteiger partial charge in [0.1, 0.15) is 0 Å². The predicted octanol–water partition coefficient (Wildman–Crippen LogP) is 4.53. The molecule has 0 saturated carbocycles. The van der Waals surface area contributed by atoms with E-state index in [1.165, 1.54) is 31.5 Å². The Kier molecular flexibility index (Phi) is 8.07. The normalized spacial score (nSPS) is 14.1. The SMILES string of the molecule is O=C(CCCCCn1c(=S)[nH]c2ccccc2c1=O)NCc1ccc(CN2CCCC2)cc1. The second kappa shape index (κ2) is 11.4. The molecule has 3 aromatic rings. The minimum absolute atomic E-state index is 0.0569. The summed E-state index contributed by atoms with van der Waals surface area (Å²) in [7, 11) is 0. The van der Waals surface area contributed by atoms with Crippen LogP contribution in [0.5, 0.6) is 0 Å². The van der Waals surface area contributed by atoms with E-state index in [-0.39, 0.29) is 11.5 Å². The van der Waals surface area contributed by atoms with Gasteiger partial charge in [0, 0.05) is 26.1 Å². The van der Waals surface area contributed by atoms with Gasteiger partial charge in [-0.2, -0.15) is 0 Å². The van der Waals surface area contributed by atoms with Gasteiger partial charge in [-0.25, -0.2) is 0 Å². The number of nitrogens with one attached hydrogen (secondary N) is 2. The van der Waals surface area contributed by atoms with E-state index in [4.69, 9.17) is 12.2 Å². The zero-order chi connectivity index (χ0) is 23.0. The van der Waals surface area contributed by atoms with E-state index >= 15 is 0 Å². The van der Waals surface area contributed by atoms with Gasteiger partial charge in [0.15, 0.2) is 4.77 Å². The van der Waals surface area contributed by atoms with Gasteiger partial charge in [0.25, 0.3) is 5.56 Å². The van der Waals surface area contributed by atoms with Crippen LogP contribution in [0.25, 0.3) is 10.9 Å². The topological polar surface area (TPSA) is 70.1 Å². The maximum absolute atomic E-state index is 12.7. The Morgan fingerprint density at radius 2 is 1.70 bits per heavy atom. The molecule has 2 aromatic carbocycles. The Morgan fingerprint density at radius 3 is 2.48 bits per heavy atom. The Balaban J connectivity index is 1.16. The first-order valence-electron chi connectivity index (χ1n) is 11.9. The summed E-state index contributed by atoms with van der Waals surface area (Å²) >= 11 is 5.35. The average Bonchev–Trinajstić information content (AvgIpc) is 3.33. The van der Waals surface area contributed by atoms with E-state index in [0.717, 1.165) is 36.9 Å². The van der Waals surface area contributed by atoms with Gasteiger partial charge in [0.2, 0.25) is 5.91 Å². The number of H-pyrrole nitrogens is 1. The summed E-state index contributed by atoms with van der Waals surface area (Å²) < 4.78 is 2.06. The number of fused-ring (bicyclic) bond motifs is 1. The highest BCUT2D eigenvalue weighted by Gasteiger charge is 2.11. The molecule has 1 aliphatic rings. The van der Waals surface area contributed by atoms with E-state index < -0.39 is 0 Å². The lowest BCUT2D eigenvalue weighted by Gasteiger charge is -2.14. The van der Waals surface area contributed by atoms with E-state index in [9.17, 15) is 9.59 Å². The van der Waals surface area contributed by atoms with Crippen molar-refractivity contribution >= 4 is 29.0 Å². The molecule has 1 saturated heterocycles. The number of likely N-dealkylation sites (tertiary alicyclic amines) is 1. The molecule has 33 heavy (non-hydrogen) atoms. The largest absolute Gasteiger partial charge is 0.352 e. The van der Waals surface area contributed by atoms with Crippen molar-refractivity contribution in [2.75, 3.05) is 13.1 Å². The van der Waals surface area contributed by atoms with Crippen LogP contribution in [0.2, 0.25) is 0 Å². The Hall–Kier alpha value is -2.77. The van der Waals surface area contributed by atoms with Gasteiger partial charge in [-0.15, -0.1) is 0 Å². The first-order chi connectivity index (χ1) is 16.1. The van der Waals surface area contributed by atoms with E-state index in [1.807, 2.05) is 24.3 Å². The number of amides is 1. The quantitative estimate of drug-likeness (QED) is 0.342. The van der Waals surface area contributed by atoms with Gasteiger partial charge >= 0.3 is 0 Å². The zero-order valence-corrected chi connectivity index (χ0v) is 19.8. The molecule has 0 bridgehead atoms. The van der Waals surface area contributed by atoms with Crippen molar-refractivity contribution in [1.82, 2.24) is 19.8 Å². The number of carbonyl (C=O) groups is 1. The average molecular weight is 465 g/mol. The molecule has 1 amide bonds. The number of aromatic nitrogens is 2. The number of hydrogen-bond donors (Lipinski definition) is 2. The van der Waals surface area contributed by atoms with Crippen molar-refractivity contribution in [2.45, 2.75) is 58.2 Å². The van der Waals surface area contributed by atoms with Crippen molar-refractivity contribution in [1.29, 1.82) is 0 Å². The number of aromatic amines is 1. The van der Waals surface area contributed by atoms with E-state index in [0.29, 0.717) is 29.7 Å². The van der Waals surface area contributed by atoms with E-state index in [1.54, 1.807) is 4.57 Å². The Labute approximate surface area is 199 Å². The maximum Gasteiger partial charge on any atom is 0.262 e. The number of hydrogen-bond acceptors (Lipinski definition) is 4. The first kappa shape index (κ1) is 23.4. The molecule has 4 rings (SSSR count). The third-order valence-electron chi connectivity index (χ3n) is 6.29. The lowest BCUT2D eigenvalue weighted by molar-refractivity contribution is -0.121. The molecule has 2 N–H and O–H groups in total. The fourth-order valence-corrected chi connectivity index (χ4v) is 4.67. The molecule has 7 heteroatoms. The molecular formula is C26H32N4O2S. The Morgan fingerprint density at radius 1 is 0.970 bits per heavy atom. The molecule has 1 aliphatic heterocycles. The molecule has 2 heterocycles. The molecule has 0 aliphatic carbocycles. The molecule has 1 aromatic heterocycles. The van der Waals surface area contributed by atoms with Crippen LogP contribution < -0.4 is 10.9 Å². The highest BCUT2D eigenvalue weighted by molar-refractivity contribution is 7.71. The molecule has 6 nitrogen and oxygen atoms in total. The Bertz CT molecular complexity index is 1190. The van der Waals surface area contributed by atoms with Crippen LogP contribution in [0.3, 0.4) is 0 Å². The van der Waals surface area contributed by atoms with Crippen LogP contribution in [0.1, 0.15) is 49.7 Å². The van der Waals surface area contributed by atoms with Crippen LogP contribution in [-0.2, 0) is 24.4 Å². The molecular weight excluding hydrogens is 432 g/mol. The molecule has 174 valence electrons. The van der Waals surface area contributed by atoms with Crippen LogP contribution in [0, 0.1) is 4.77 Å². The predicted molar refractivity (Wildman–Crippen MR) is 135 cm³/mol. The highest BCUT2D eigenvalue weighted by Crippen LogP contribution is 2.13. The summed E-state index contributed by atoms with van der Waals surface area (Å²) in [5.41, 5.74) is 3.16. The number of para-hydroxylation sites is 1. The van der Waals surface area contributed by atoms with Crippen molar-refractivity contribution in [3.8, 4) is 0 Å². The van der Waals surface area contributed by atoms with Gasteiger partial charge < -0.3 is 10.3 Å². The number of benzene rings is 2. The first-order valence-corrected chi connectivity index (χ1v) is 12.3. The summed E-state index contributed by atoms with van der Waals surface area (Å²) in [5, 5.41) is 3.66. The highest BCUT2D eigenvalue weighted by atomic mass is 32.1. The molecule has 0 spiro atoms. The minimum Gasteiger partial charge on any atom is -0.352 e. The maximum atomic E-state index is 12.7. The van der Waals surface area contributed by atoms with Crippen LogP contribution in [-0.4, -0.2) is 33.4 Å². The zero-order valence-electron chi connectivity index (χ0n) is 19.0. The fourth-order valence-electron chi connectivity index (χ4n) is 4.38. The van der Waals surface area contributed by atoms with Gasteiger partial charge in [-0.3, -0.25) is 19.1 Å². The molecule has 0 radical (unpaired) electrons. The van der Waals surface area contributed by atoms with Gasteiger partial charge in [-0.1, -0.05) is 42.8 Å². The lowest BCUT2D eigenvalue weighted by Crippen LogP contribution is -2.23. The van der Waals surface area contributed by atoms with Crippen LogP contribution in [0.15, 0.2) is 53.3 Å². The fraction of sp³-hybridized carbons (Fsp3) is 0.423. The molecule has 0 atom stereocenters. The summed E-state index contributed by atoms with van der Waals surface area (Å²) in [6, 6.07) is 16.0. The van der Waals surface area contributed by atoms with Crippen molar-refractivity contribution in [3.63, 3.8) is 0 Å². The summed E-state index contributed by atoms with van der Waals surface area (Å²) in [6.45, 7) is 4.53. The number of nitrogens with zero attached hydrogens (tertiary/aromatic N) is 2. The van der Waals surface area contributed by atoms with Crippen LogP contribution >= 0.6 is 12.2 Å². The van der Waals surface area contributed by atoms with E-state index in [2.05, 4.69) is 39.5 Å². The standard InChI is InChI=1S/C26H32N4O2S/c31-24(27-18-20-11-13-21(14-12-20)19-29-15-6-7-16-29)10-2-1-5-17-30-25(32)22-8-3-4-9-23(22)28-26(30)33/h3-4,8-9,11-14H,1-2,5-7,10,15-19H2,(H,27,31)(H,28,33). The smallest absolute Gasteiger partial charge is 0.262 e. The van der Waals surface area contributed by atoms with Crippen LogP contribution in [0.4, 0.5) is 0 Å². The second-order valence-corrected chi connectivity index (χ2v) is 9.21. The summed E-state index contributed by atoms with van der Waals surface area (Å²) in [4.78, 5) is 30.5. The number of unbranched alkanes of at least 4 members (excludes halogenated alkanes) is 2. The summed E-state index contributed by atoms with van der Waals surface area (Å²) in [5.74, 6) is 0.0660.